The van der Waals surface area contributed by atoms with Gasteiger partial charge in [0.2, 0.25) is 11.8 Å². The number of likely N-dealkylation sites (tertiary alicyclic amines) is 1. The highest BCUT2D eigenvalue weighted by molar-refractivity contribution is 6.00. The highest BCUT2D eigenvalue weighted by Gasteiger charge is 2.53. The van der Waals surface area contributed by atoms with Gasteiger partial charge < -0.3 is 10.2 Å². The van der Waals surface area contributed by atoms with E-state index in [4.69, 9.17) is 5.26 Å². The molecule has 0 aliphatic carbocycles. The average molecular weight is 397 g/mol. The van der Waals surface area contributed by atoms with E-state index in [9.17, 15) is 9.59 Å². The Kier molecular flexibility index (Phi) is 6.59. The van der Waals surface area contributed by atoms with Crippen molar-refractivity contribution < 1.29 is 9.59 Å². The van der Waals surface area contributed by atoms with Gasteiger partial charge in [-0.1, -0.05) is 32.9 Å². The predicted molar refractivity (Wildman–Crippen MR) is 112 cm³/mol. The Labute approximate surface area is 173 Å². The molecule has 0 aromatic heterocycles. The van der Waals surface area contributed by atoms with Crippen LogP contribution in [0.4, 0.5) is 0 Å². The second kappa shape index (κ2) is 8.96. The first-order valence-electron chi connectivity index (χ1n) is 10.7. The minimum absolute atomic E-state index is 0.0160. The van der Waals surface area contributed by atoms with Crippen molar-refractivity contribution in [1.82, 2.24) is 15.1 Å². The van der Waals surface area contributed by atoms with Crippen LogP contribution in [0.3, 0.4) is 0 Å². The lowest BCUT2D eigenvalue weighted by Crippen LogP contribution is -2.73. The molecule has 1 aromatic rings. The van der Waals surface area contributed by atoms with Crippen molar-refractivity contribution in [2.45, 2.75) is 64.6 Å². The predicted octanol–water partition coefficient (Wildman–Crippen LogP) is 2.68. The number of carbonyl (C=O) groups excluding carboxylic acids is 2. The molecule has 2 saturated heterocycles. The number of benzene rings is 1. The zero-order valence-corrected chi connectivity index (χ0v) is 17.8. The summed E-state index contributed by atoms with van der Waals surface area (Å²) in [5, 5.41) is 12.1. The van der Waals surface area contributed by atoms with Crippen molar-refractivity contribution in [3.05, 3.63) is 35.4 Å². The third-order valence-corrected chi connectivity index (χ3v) is 6.11. The van der Waals surface area contributed by atoms with Gasteiger partial charge >= 0.3 is 0 Å². The van der Waals surface area contributed by atoms with Gasteiger partial charge in [-0.05, 0) is 49.3 Å². The van der Waals surface area contributed by atoms with E-state index >= 15 is 0 Å². The minimum Gasteiger partial charge on any atom is -0.342 e. The third-order valence-electron chi connectivity index (χ3n) is 6.11. The number of rotatable bonds is 6. The largest absolute Gasteiger partial charge is 0.342 e. The Hall–Kier alpha value is -2.39. The second-order valence-electron chi connectivity index (χ2n) is 8.77. The first-order valence-corrected chi connectivity index (χ1v) is 10.7. The first-order chi connectivity index (χ1) is 13.9. The van der Waals surface area contributed by atoms with E-state index in [1.54, 1.807) is 0 Å². The molecule has 2 aliphatic heterocycles. The second-order valence-corrected chi connectivity index (χ2v) is 8.77. The van der Waals surface area contributed by atoms with Crippen molar-refractivity contribution in [3.63, 3.8) is 0 Å². The van der Waals surface area contributed by atoms with Gasteiger partial charge in [-0.3, -0.25) is 14.5 Å². The molecule has 6 heteroatoms. The molecule has 1 aromatic carbocycles. The Morgan fingerprint density at radius 1 is 1.28 bits per heavy atom. The molecule has 1 spiro atoms. The molecule has 2 amide bonds. The molecule has 1 N–H and O–H groups in total. The summed E-state index contributed by atoms with van der Waals surface area (Å²) in [6, 6.07) is 9.45. The van der Waals surface area contributed by atoms with Crippen molar-refractivity contribution in [1.29, 1.82) is 5.26 Å². The Bertz CT molecular complexity index is 790. The highest BCUT2D eigenvalue weighted by atomic mass is 16.2. The monoisotopic (exact) mass is 396 g/mol. The molecule has 2 heterocycles. The van der Waals surface area contributed by atoms with E-state index in [1.165, 1.54) is 0 Å². The number of nitriles is 1. The van der Waals surface area contributed by atoms with Crippen LogP contribution in [0, 0.1) is 17.2 Å². The molecular weight excluding hydrogens is 364 g/mol. The number of piperazine rings is 1. The van der Waals surface area contributed by atoms with E-state index in [0.29, 0.717) is 37.3 Å². The molecule has 1 unspecified atom stereocenters. The molecule has 0 radical (unpaired) electrons. The summed E-state index contributed by atoms with van der Waals surface area (Å²) < 4.78 is 0. The summed E-state index contributed by atoms with van der Waals surface area (Å²) in [5.74, 6) is 0.449. The van der Waals surface area contributed by atoms with Crippen LogP contribution in [0.2, 0.25) is 0 Å². The number of hydrogen-bond acceptors (Lipinski definition) is 4. The average Bonchev–Trinajstić information content (AvgIpc) is 2.70. The highest BCUT2D eigenvalue weighted by Crippen LogP contribution is 2.34. The van der Waals surface area contributed by atoms with E-state index in [2.05, 4.69) is 37.1 Å². The molecular formula is C23H32N4O2. The standard InChI is InChI=1S/C23H32N4O2/c1-4-10-27-21(28)20(13-17(2)3)25-22(29)23(27)8-11-26(12-9-23)16-19-7-5-6-18(14-19)15-24/h5-7,14,17,20H,4,8-13,16H2,1-3H3,(H,25,29). The molecule has 6 nitrogen and oxygen atoms in total. The molecule has 0 bridgehead atoms. The van der Waals surface area contributed by atoms with Gasteiger partial charge in [0.1, 0.15) is 11.6 Å². The van der Waals surface area contributed by atoms with Gasteiger partial charge in [0, 0.05) is 26.2 Å². The lowest BCUT2D eigenvalue weighted by Gasteiger charge is -2.52. The topological polar surface area (TPSA) is 76.4 Å². The van der Waals surface area contributed by atoms with Crippen molar-refractivity contribution in [2.75, 3.05) is 19.6 Å². The summed E-state index contributed by atoms with van der Waals surface area (Å²) in [6.07, 6.45) is 2.83. The molecule has 29 heavy (non-hydrogen) atoms. The zero-order valence-electron chi connectivity index (χ0n) is 17.8. The number of piperidine rings is 1. The number of carbonyl (C=O) groups is 2. The van der Waals surface area contributed by atoms with Gasteiger partial charge in [-0.15, -0.1) is 0 Å². The minimum atomic E-state index is -0.717. The fourth-order valence-electron chi connectivity index (χ4n) is 4.63. The Balaban J connectivity index is 1.72. The smallest absolute Gasteiger partial charge is 0.246 e. The van der Waals surface area contributed by atoms with Crippen molar-refractivity contribution in [2.24, 2.45) is 5.92 Å². The fraction of sp³-hybridized carbons (Fsp3) is 0.609. The van der Waals surface area contributed by atoms with Gasteiger partial charge in [-0.25, -0.2) is 0 Å². The fourth-order valence-corrected chi connectivity index (χ4v) is 4.63. The van der Waals surface area contributed by atoms with Crippen LogP contribution in [0.15, 0.2) is 24.3 Å². The quantitative estimate of drug-likeness (QED) is 0.802. The van der Waals surface area contributed by atoms with Crippen LogP contribution in [0.5, 0.6) is 0 Å². The van der Waals surface area contributed by atoms with Gasteiger partial charge in [0.15, 0.2) is 0 Å². The summed E-state index contributed by atoms with van der Waals surface area (Å²) in [6.45, 7) is 9.11. The molecule has 2 aliphatic rings. The summed E-state index contributed by atoms with van der Waals surface area (Å²) in [5.41, 5.74) is 1.05. The van der Waals surface area contributed by atoms with Crippen LogP contribution in [0.1, 0.15) is 57.6 Å². The van der Waals surface area contributed by atoms with Crippen LogP contribution in [-0.4, -0.2) is 52.8 Å². The third kappa shape index (κ3) is 4.45. The first kappa shape index (κ1) is 21.3. The van der Waals surface area contributed by atoms with E-state index < -0.39 is 11.6 Å². The lowest BCUT2D eigenvalue weighted by molar-refractivity contribution is -0.161. The number of amides is 2. The Morgan fingerprint density at radius 2 is 2.00 bits per heavy atom. The van der Waals surface area contributed by atoms with Crippen LogP contribution < -0.4 is 5.32 Å². The summed E-state index contributed by atoms with van der Waals surface area (Å²) in [7, 11) is 0. The van der Waals surface area contributed by atoms with Crippen LogP contribution >= 0.6 is 0 Å². The number of nitrogens with one attached hydrogen (secondary N) is 1. The van der Waals surface area contributed by atoms with Crippen molar-refractivity contribution >= 4 is 11.8 Å². The molecule has 1 atom stereocenters. The maximum Gasteiger partial charge on any atom is 0.246 e. The SMILES string of the molecule is CCCN1C(=O)C(CC(C)C)NC(=O)C12CCN(Cc1cccc(C#N)c1)CC2. The Morgan fingerprint density at radius 3 is 2.62 bits per heavy atom. The van der Waals surface area contributed by atoms with E-state index in [0.717, 1.165) is 31.6 Å². The van der Waals surface area contributed by atoms with Gasteiger partial charge in [-0.2, -0.15) is 5.26 Å². The maximum atomic E-state index is 13.2. The van der Waals surface area contributed by atoms with Gasteiger partial charge in [0.05, 0.1) is 11.6 Å². The van der Waals surface area contributed by atoms with E-state index in [-0.39, 0.29) is 11.8 Å². The van der Waals surface area contributed by atoms with Crippen molar-refractivity contribution in [3.8, 4) is 6.07 Å². The number of hydrogen-bond donors (Lipinski definition) is 1. The molecule has 2 fully saturated rings. The van der Waals surface area contributed by atoms with Crippen LogP contribution in [0.25, 0.3) is 0 Å². The van der Waals surface area contributed by atoms with E-state index in [1.807, 2.05) is 29.2 Å². The normalized spacial score (nSPS) is 22.0. The molecule has 0 saturated carbocycles. The zero-order chi connectivity index (χ0) is 21.0. The lowest BCUT2D eigenvalue weighted by atomic mass is 9.80. The van der Waals surface area contributed by atoms with Gasteiger partial charge in [0.25, 0.3) is 0 Å². The summed E-state index contributed by atoms with van der Waals surface area (Å²) in [4.78, 5) is 30.6. The maximum absolute atomic E-state index is 13.2. The molecule has 3 rings (SSSR count). The molecule has 156 valence electrons. The number of nitrogens with zero attached hydrogens (tertiary/aromatic N) is 3. The summed E-state index contributed by atoms with van der Waals surface area (Å²) >= 11 is 0. The van der Waals surface area contributed by atoms with Crippen LogP contribution in [-0.2, 0) is 16.1 Å².